The molecule has 0 saturated heterocycles. The minimum absolute atomic E-state index is 0.0465. The first-order chi connectivity index (χ1) is 12.0. The summed E-state index contributed by atoms with van der Waals surface area (Å²) >= 11 is 0. The molecule has 0 aliphatic rings. The molecule has 25 heavy (non-hydrogen) atoms. The van der Waals surface area contributed by atoms with Gasteiger partial charge in [0.25, 0.3) is 5.91 Å². The van der Waals surface area contributed by atoms with Crippen molar-refractivity contribution in [3.05, 3.63) is 89.0 Å². The highest BCUT2D eigenvalue weighted by atomic mass is 19.2. The molecule has 0 bridgehead atoms. The Bertz CT molecular complexity index is 903. The van der Waals surface area contributed by atoms with Crippen LogP contribution in [0.5, 0.6) is 0 Å². The van der Waals surface area contributed by atoms with Crippen LogP contribution >= 0.6 is 0 Å². The number of aryl methyl sites for hydroxylation is 2. The molecule has 4 nitrogen and oxygen atoms in total. The van der Waals surface area contributed by atoms with Crippen molar-refractivity contribution in [1.82, 2.24) is 14.9 Å². The number of aromatic nitrogens is 2. The molecule has 0 saturated carbocycles. The standard InChI is InChI=1S/C19H17F2N3O/c1-12-3-5-13(6-4-12)17(18-22-9-10-24(18)2)23-19(25)14-7-8-15(20)16(21)11-14/h3-11,17H,1-2H3,(H,23,25). The molecule has 0 spiro atoms. The fourth-order valence-electron chi connectivity index (χ4n) is 2.56. The summed E-state index contributed by atoms with van der Waals surface area (Å²) in [5.74, 6) is -1.92. The Morgan fingerprint density at radius 1 is 1.12 bits per heavy atom. The number of nitrogens with one attached hydrogen (secondary N) is 1. The number of carbonyl (C=O) groups excluding carboxylic acids is 1. The van der Waals surface area contributed by atoms with Crippen LogP contribution in [0.4, 0.5) is 8.78 Å². The first-order valence-electron chi connectivity index (χ1n) is 7.75. The smallest absolute Gasteiger partial charge is 0.252 e. The Morgan fingerprint density at radius 3 is 2.44 bits per heavy atom. The van der Waals surface area contributed by atoms with Crippen molar-refractivity contribution >= 4 is 5.91 Å². The van der Waals surface area contributed by atoms with Crippen LogP contribution in [-0.2, 0) is 7.05 Å². The largest absolute Gasteiger partial charge is 0.338 e. The van der Waals surface area contributed by atoms with Crippen LogP contribution in [0.25, 0.3) is 0 Å². The van der Waals surface area contributed by atoms with E-state index < -0.39 is 23.6 Å². The van der Waals surface area contributed by atoms with Crippen LogP contribution < -0.4 is 5.32 Å². The third-order valence-corrected chi connectivity index (χ3v) is 3.98. The van der Waals surface area contributed by atoms with Gasteiger partial charge in [-0.2, -0.15) is 0 Å². The van der Waals surface area contributed by atoms with Crippen LogP contribution in [0.2, 0.25) is 0 Å². The zero-order valence-corrected chi connectivity index (χ0v) is 13.8. The van der Waals surface area contributed by atoms with Crippen molar-refractivity contribution in [2.24, 2.45) is 7.05 Å². The number of rotatable bonds is 4. The molecule has 1 atom stereocenters. The van der Waals surface area contributed by atoms with Crippen LogP contribution in [0, 0.1) is 18.6 Å². The fraction of sp³-hybridized carbons (Fsp3) is 0.158. The normalized spacial score (nSPS) is 12.0. The maximum absolute atomic E-state index is 13.4. The quantitative estimate of drug-likeness (QED) is 0.789. The molecule has 1 aromatic heterocycles. The average molecular weight is 341 g/mol. The Kier molecular flexibility index (Phi) is 4.61. The van der Waals surface area contributed by atoms with Crippen LogP contribution in [-0.4, -0.2) is 15.5 Å². The van der Waals surface area contributed by atoms with E-state index in [0.29, 0.717) is 5.82 Å². The van der Waals surface area contributed by atoms with E-state index in [1.807, 2.05) is 38.2 Å². The average Bonchev–Trinajstić information content (AvgIpc) is 3.01. The van der Waals surface area contributed by atoms with E-state index in [0.717, 1.165) is 23.3 Å². The van der Waals surface area contributed by atoms with Crippen molar-refractivity contribution in [3.63, 3.8) is 0 Å². The molecule has 2 aromatic carbocycles. The third kappa shape index (κ3) is 3.57. The van der Waals surface area contributed by atoms with Gasteiger partial charge in [0.05, 0.1) is 0 Å². The van der Waals surface area contributed by atoms with E-state index in [4.69, 9.17) is 0 Å². The summed E-state index contributed by atoms with van der Waals surface area (Å²) in [6, 6.07) is 10.2. The summed E-state index contributed by atoms with van der Waals surface area (Å²) in [7, 11) is 1.83. The molecule has 128 valence electrons. The lowest BCUT2D eigenvalue weighted by molar-refractivity contribution is 0.0940. The molecule has 0 radical (unpaired) electrons. The van der Waals surface area contributed by atoms with E-state index in [1.54, 1.807) is 17.0 Å². The van der Waals surface area contributed by atoms with Gasteiger partial charge in [0, 0.05) is 25.0 Å². The molecule has 1 amide bonds. The van der Waals surface area contributed by atoms with Crippen molar-refractivity contribution in [1.29, 1.82) is 0 Å². The highest BCUT2D eigenvalue weighted by molar-refractivity contribution is 5.94. The molecule has 1 N–H and O–H groups in total. The van der Waals surface area contributed by atoms with Gasteiger partial charge >= 0.3 is 0 Å². The first-order valence-corrected chi connectivity index (χ1v) is 7.75. The van der Waals surface area contributed by atoms with Crippen molar-refractivity contribution < 1.29 is 13.6 Å². The maximum atomic E-state index is 13.4. The number of imidazole rings is 1. The molecule has 1 heterocycles. The van der Waals surface area contributed by atoms with Gasteiger partial charge in [0.1, 0.15) is 11.9 Å². The SMILES string of the molecule is Cc1ccc(C(NC(=O)c2ccc(F)c(F)c2)c2nccn2C)cc1. The van der Waals surface area contributed by atoms with Gasteiger partial charge in [0.15, 0.2) is 11.6 Å². The highest BCUT2D eigenvalue weighted by Crippen LogP contribution is 2.22. The minimum atomic E-state index is -1.06. The second-order valence-electron chi connectivity index (χ2n) is 5.84. The van der Waals surface area contributed by atoms with Gasteiger partial charge in [-0.25, -0.2) is 13.8 Å². The number of carbonyl (C=O) groups is 1. The molecule has 0 aliphatic carbocycles. The van der Waals surface area contributed by atoms with Crippen LogP contribution in [0.3, 0.4) is 0 Å². The number of hydrogen-bond donors (Lipinski definition) is 1. The molecule has 0 aliphatic heterocycles. The molecular formula is C19H17F2N3O. The summed E-state index contributed by atoms with van der Waals surface area (Å²) in [5, 5.41) is 2.85. The van der Waals surface area contributed by atoms with E-state index in [9.17, 15) is 13.6 Å². The number of halogens is 2. The number of hydrogen-bond acceptors (Lipinski definition) is 2. The molecule has 6 heteroatoms. The minimum Gasteiger partial charge on any atom is -0.338 e. The van der Waals surface area contributed by atoms with Gasteiger partial charge in [-0.1, -0.05) is 29.8 Å². The van der Waals surface area contributed by atoms with Gasteiger partial charge in [0.2, 0.25) is 0 Å². The summed E-state index contributed by atoms with van der Waals surface area (Å²) in [4.78, 5) is 16.8. The van der Waals surface area contributed by atoms with Gasteiger partial charge in [-0.05, 0) is 30.7 Å². The second kappa shape index (κ2) is 6.84. The van der Waals surface area contributed by atoms with E-state index in [-0.39, 0.29) is 5.56 Å². The Labute approximate surface area is 144 Å². The Morgan fingerprint density at radius 2 is 1.84 bits per heavy atom. The number of benzene rings is 2. The van der Waals surface area contributed by atoms with Gasteiger partial charge in [-0.15, -0.1) is 0 Å². The molecule has 1 unspecified atom stereocenters. The summed E-state index contributed by atoms with van der Waals surface area (Å²) < 4.78 is 28.3. The zero-order chi connectivity index (χ0) is 18.0. The van der Waals surface area contributed by atoms with Crippen LogP contribution in [0.15, 0.2) is 54.9 Å². The lowest BCUT2D eigenvalue weighted by Gasteiger charge is -2.19. The van der Waals surface area contributed by atoms with Crippen molar-refractivity contribution in [3.8, 4) is 0 Å². The van der Waals surface area contributed by atoms with Crippen LogP contribution in [0.1, 0.15) is 33.4 Å². The third-order valence-electron chi connectivity index (χ3n) is 3.98. The van der Waals surface area contributed by atoms with Crippen molar-refractivity contribution in [2.45, 2.75) is 13.0 Å². The Hall–Kier alpha value is -3.02. The summed E-state index contributed by atoms with van der Waals surface area (Å²) in [5.41, 5.74) is 1.98. The fourth-order valence-corrected chi connectivity index (χ4v) is 2.56. The highest BCUT2D eigenvalue weighted by Gasteiger charge is 2.22. The molecular weight excluding hydrogens is 324 g/mol. The predicted octanol–water partition coefficient (Wildman–Crippen LogP) is 3.53. The number of amides is 1. The lowest BCUT2D eigenvalue weighted by Crippen LogP contribution is -2.31. The van der Waals surface area contributed by atoms with E-state index >= 15 is 0 Å². The predicted molar refractivity (Wildman–Crippen MR) is 90.1 cm³/mol. The summed E-state index contributed by atoms with van der Waals surface area (Å²) in [6.45, 7) is 1.97. The van der Waals surface area contributed by atoms with Gasteiger partial charge < -0.3 is 9.88 Å². The lowest BCUT2D eigenvalue weighted by atomic mass is 10.0. The first kappa shape index (κ1) is 16.8. The van der Waals surface area contributed by atoms with Gasteiger partial charge in [-0.3, -0.25) is 4.79 Å². The molecule has 0 fully saturated rings. The summed E-state index contributed by atoms with van der Waals surface area (Å²) in [6.07, 6.45) is 3.42. The second-order valence-corrected chi connectivity index (χ2v) is 5.84. The monoisotopic (exact) mass is 341 g/mol. The topological polar surface area (TPSA) is 46.9 Å². The Balaban J connectivity index is 1.94. The maximum Gasteiger partial charge on any atom is 0.252 e. The molecule has 3 aromatic rings. The van der Waals surface area contributed by atoms with Crippen molar-refractivity contribution in [2.75, 3.05) is 0 Å². The number of nitrogens with zero attached hydrogens (tertiary/aromatic N) is 2. The molecule has 3 rings (SSSR count). The zero-order valence-electron chi connectivity index (χ0n) is 13.8. The van der Waals surface area contributed by atoms with E-state index in [1.165, 1.54) is 6.07 Å². The van der Waals surface area contributed by atoms with E-state index in [2.05, 4.69) is 10.3 Å².